The van der Waals surface area contributed by atoms with E-state index in [9.17, 15) is 14.3 Å². The molecule has 2 amide bonds. The number of aromatic amines is 1. The number of nitrogens with zero attached hydrogens (tertiary/aromatic N) is 2. The molecule has 2 aliphatic heterocycles. The predicted octanol–water partition coefficient (Wildman–Crippen LogP) is 4.32. The molecule has 7 nitrogen and oxygen atoms in total. The quantitative estimate of drug-likeness (QED) is 0.494. The van der Waals surface area contributed by atoms with Gasteiger partial charge in [-0.05, 0) is 75.2 Å². The second-order valence-corrected chi connectivity index (χ2v) is 10.4. The maximum Gasteiger partial charge on any atom is 0.318 e. The number of carbonyl (C=O) groups excluding carboxylic acids is 1. The molecule has 2 aromatic carbocycles. The number of piperidine rings is 1. The molecule has 0 aliphatic carbocycles. The highest BCUT2D eigenvalue weighted by atomic mass is 19.1. The van der Waals surface area contributed by atoms with Gasteiger partial charge in [0.2, 0.25) is 0 Å². The lowest BCUT2D eigenvalue weighted by Crippen LogP contribution is -2.57. The Morgan fingerprint density at radius 2 is 1.94 bits per heavy atom. The second kappa shape index (κ2) is 9.75. The van der Waals surface area contributed by atoms with Crippen molar-refractivity contribution < 1.29 is 19.0 Å². The van der Waals surface area contributed by atoms with Gasteiger partial charge in [-0.1, -0.05) is 12.1 Å². The van der Waals surface area contributed by atoms with Crippen molar-refractivity contribution in [2.75, 3.05) is 33.4 Å². The van der Waals surface area contributed by atoms with Crippen LogP contribution in [0, 0.1) is 5.82 Å². The number of fused-ring (bicyclic) bond motifs is 4. The Kier molecular flexibility index (Phi) is 6.66. The van der Waals surface area contributed by atoms with Crippen molar-refractivity contribution in [1.82, 2.24) is 20.1 Å². The molecule has 3 heterocycles. The number of aliphatic hydroxyl groups excluding tert-OH is 1. The first-order valence-corrected chi connectivity index (χ1v) is 12.7. The predicted molar refractivity (Wildman–Crippen MR) is 138 cm³/mol. The third-order valence-electron chi connectivity index (χ3n) is 7.73. The summed E-state index contributed by atoms with van der Waals surface area (Å²) in [5.74, 6) is 0.541. The number of aliphatic hydroxyl groups is 1. The average molecular weight is 495 g/mol. The Bertz CT molecular complexity index is 1230. The molecule has 2 aliphatic rings. The molecule has 1 spiro atoms. The number of hydrogen-bond donors (Lipinski definition) is 3. The van der Waals surface area contributed by atoms with E-state index < -0.39 is 6.04 Å². The van der Waals surface area contributed by atoms with Crippen molar-refractivity contribution in [1.29, 1.82) is 0 Å². The summed E-state index contributed by atoms with van der Waals surface area (Å²) >= 11 is 0. The number of likely N-dealkylation sites (tertiary alicyclic amines) is 1. The van der Waals surface area contributed by atoms with Crippen LogP contribution < -0.4 is 10.1 Å². The van der Waals surface area contributed by atoms with Crippen LogP contribution in [0.25, 0.3) is 10.9 Å². The summed E-state index contributed by atoms with van der Waals surface area (Å²) < 4.78 is 18.8. The summed E-state index contributed by atoms with van der Waals surface area (Å²) in [6, 6.07) is 12.2. The molecule has 1 atom stereocenters. The SMILES string of the molecule is COc1ccc2c3c([nH]c2c1)[C@H](CO)N(C(=O)NC(C)C)CC31CCN(Cc2ccc(F)cc2)CC1. The first kappa shape index (κ1) is 24.6. The molecule has 3 aromatic rings. The van der Waals surface area contributed by atoms with E-state index in [1.807, 2.05) is 43.0 Å². The number of urea groups is 1. The van der Waals surface area contributed by atoms with Crippen LogP contribution in [0.3, 0.4) is 0 Å². The third kappa shape index (κ3) is 4.44. The molecule has 5 rings (SSSR count). The number of halogens is 1. The fourth-order valence-electron chi connectivity index (χ4n) is 5.95. The van der Waals surface area contributed by atoms with Gasteiger partial charge in [-0.3, -0.25) is 4.90 Å². The Morgan fingerprint density at radius 1 is 1.22 bits per heavy atom. The molecule has 36 heavy (non-hydrogen) atoms. The number of methoxy groups -OCH3 is 1. The fourth-order valence-corrected chi connectivity index (χ4v) is 5.95. The van der Waals surface area contributed by atoms with Crippen molar-refractivity contribution in [2.45, 2.75) is 50.7 Å². The van der Waals surface area contributed by atoms with Gasteiger partial charge in [-0.15, -0.1) is 0 Å². The van der Waals surface area contributed by atoms with Gasteiger partial charge in [0.15, 0.2) is 0 Å². The van der Waals surface area contributed by atoms with Gasteiger partial charge in [0.05, 0.1) is 19.8 Å². The van der Waals surface area contributed by atoms with Crippen LogP contribution in [-0.4, -0.2) is 65.3 Å². The molecular weight excluding hydrogens is 459 g/mol. The van der Waals surface area contributed by atoms with Gasteiger partial charge in [0.25, 0.3) is 0 Å². The van der Waals surface area contributed by atoms with E-state index in [-0.39, 0.29) is 29.9 Å². The molecule has 1 fully saturated rings. The molecule has 8 heteroatoms. The summed E-state index contributed by atoms with van der Waals surface area (Å²) in [7, 11) is 1.65. The maximum absolute atomic E-state index is 13.4. The number of aromatic nitrogens is 1. The monoisotopic (exact) mass is 494 g/mol. The summed E-state index contributed by atoms with van der Waals surface area (Å²) in [6.45, 7) is 6.78. The largest absolute Gasteiger partial charge is 0.497 e. The molecular formula is C28H35FN4O3. The second-order valence-electron chi connectivity index (χ2n) is 10.4. The van der Waals surface area contributed by atoms with E-state index in [0.29, 0.717) is 6.54 Å². The molecule has 3 N–H and O–H groups in total. The highest BCUT2D eigenvalue weighted by Gasteiger charge is 2.48. The zero-order valence-corrected chi connectivity index (χ0v) is 21.2. The van der Waals surface area contributed by atoms with Crippen molar-refractivity contribution >= 4 is 16.9 Å². The molecule has 1 aromatic heterocycles. The van der Waals surface area contributed by atoms with E-state index in [1.165, 1.54) is 17.7 Å². The Balaban J connectivity index is 1.51. The standard InChI is InChI=1S/C28H35FN4O3/c1-18(2)30-27(35)33-17-28(10-12-32(13-11-28)15-19-4-6-20(29)7-5-19)25-22-9-8-21(36-3)14-23(22)31-26(25)24(33)16-34/h4-9,14,18,24,31,34H,10-13,15-17H2,1-3H3,(H,30,35)/t24-/m0/s1. The Morgan fingerprint density at radius 3 is 2.58 bits per heavy atom. The van der Waals surface area contributed by atoms with Crippen LogP contribution in [0.1, 0.15) is 49.6 Å². The van der Waals surface area contributed by atoms with Gasteiger partial charge in [0, 0.05) is 47.2 Å². The summed E-state index contributed by atoms with van der Waals surface area (Å²) in [5.41, 5.74) is 3.94. The average Bonchev–Trinajstić information content (AvgIpc) is 3.26. The smallest absolute Gasteiger partial charge is 0.318 e. The van der Waals surface area contributed by atoms with Crippen LogP contribution in [0.5, 0.6) is 5.75 Å². The molecule has 0 saturated carbocycles. The number of amides is 2. The van der Waals surface area contributed by atoms with Crippen molar-refractivity contribution in [3.05, 3.63) is 65.1 Å². The van der Waals surface area contributed by atoms with Crippen LogP contribution in [0.2, 0.25) is 0 Å². The molecule has 0 unspecified atom stereocenters. The van der Waals surface area contributed by atoms with E-state index in [2.05, 4.69) is 21.3 Å². The van der Waals surface area contributed by atoms with E-state index >= 15 is 0 Å². The number of rotatable bonds is 5. The minimum atomic E-state index is -0.444. The number of hydrogen-bond acceptors (Lipinski definition) is 4. The number of ether oxygens (including phenoxy) is 1. The van der Waals surface area contributed by atoms with E-state index in [4.69, 9.17) is 4.74 Å². The van der Waals surface area contributed by atoms with Crippen molar-refractivity contribution in [3.8, 4) is 5.75 Å². The Hall–Kier alpha value is -3.10. The van der Waals surface area contributed by atoms with E-state index in [0.717, 1.165) is 60.4 Å². The van der Waals surface area contributed by atoms with Crippen LogP contribution in [-0.2, 0) is 12.0 Å². The number of H-pyrrole nitrogens is 1. The van der Waals surface area contributed by atoms with Gasteiger partial charge in [-0.25, -0.2) is 9.18 Å². The number of carbonyl (C=O) groups is 1. The van der Waals surface area contributed by atoms with Gasteiger partial charge in [-0.2, -0.15) is 0 Å². The lowest BCUT2D eigenvalue weighted by Gasteiger charge is -2.50. The molecule has 0 bridgehead atoms. The van der Waals surface area contributed by atoms with Crippen molar-refractivity contribution in [3.63, 3.8) is 0 Å². The lowest BCUT2D eigenvalue weighted by molar-refractivity contribution is 0.0656. The minimum Gasteiger partial charge on any atom is -0.497 e. The minimum absolute atomic E-state index is 0.00118. The van der Waals surface area contributed by atoms with Crippen LogP contribution in [0.15, 0.2) is 42.5 Å². The summed E-state index contributed by atoms with van der Waals surface area (Å²) in [4.78, 5) is 21.0. The topological polar surface area (TPSA) is 80.8 Å². The molecule has 0 radical (unpaired) electrons. The van der Waals surface area contributed by atoms with Crippen LogP contribution >= 0.6 is 0 Å². The fraction of sp³-hybridized carbons (Fsp3) is 0.464. The highest BCUT2D eigenvalue weighted by molar-refractivity contribution is 5.88. The summed E-state index contributed by atoms with van der Waals surface area (Å²) in [5, 5.41) is 14.6. The van der Waals surface area contributed by atoms with E-state index in [1.54, 1.807) is 7.11 Å². The normalized spacial score (nSPS) is 19.6. The molecule has 192 valence electrons. The van der Waals surface area contributed by atoms with Gasteiger partial charge < -0.3 is 25.0 Å². The van der Waals surface area contributed by atoms with Crippen LogP contribution in [0.4, 0.5) is 9.18 Å². The first-order valence-electron chi connectivity index (χ1n) is 12.7. The zero-order chi connectivity index (χ0) is 25.4. The Labute approximate surface area is 211 Å². The zero-order valence-electron chi connectivity index (χ0n) is 21.2. The number of benzene rings is 2. The first-order chi connectivity index (χ1) is 17.3. The third-order valence-corrected chi connectivity index (χ3v) is 7.73. The van der Waals surface area contributed by atoms with Gasteiger partial charge in [0.1, 0.15) is 11.6 Å². The highest BCUT2D eigenvalue weighted by Crippen LogP contribution is 2.49. The number of nitrogens with one attached hydrogen (secondary N) is 2. The molecule has 1 saturated heterocycles. The summed E-state index contributed by atoms with van der Waals surface area (Å²) in [6.07, 6.45) is 1.76. The van der Waals surface area contributed by atoms with Gasteiger partial charge >= 0.3 is 6.03 Å². The maximum atomic E-state index is 13.4. The lowest BCUT2D eigenvalue weighted by atomic mass is 9.68. The van der Waals surface area contributed by atoms with Crippen molar-refractivity contribution in [2.24, 2.45) is 0 Å².